The SMILES string of the molecule is C=C(C(=O)O)C1CCC(=C)C2CCC(=C)C2C1. The Labute approximate surface area is 103 Å². The average Bonchev–Trinajstić information content (AvgIpc) is 2.55. The third kappa shape index (κ3) is 2.21. The van der Waals surface area contributed by atoms with E-state index in [9.17, 15) is 4.79 Å². The van der Waals surface area contributed by atoms with Crippen LogP contribution >= 0.6 is 0 Å². The molecular weight excluding hydrogens is 212 g/mol. The molecule has 0 spiro atoms. The molecule has 2 fully saturated rings. The molecule has 17 heavy (non-hydrogen) atoms. The number of fused-ring (bicyclic) bond motifs is 1. The van der Waals surface area contributed by atoms with E-state index >= 15 is 0 Å². The average molecular weight is 232 g/mol. The third-order valence-corrected chi connectivity index (χ3v) is 4.43. The second kappa shape index (κ2) is 4.52. The van der Waals surface area contributed by atoms with Gasteiger partial charge in [-0.05, 0) is 49.9 Å². The molecule has 0 aliphatic heterocycles. The van der Waals surface area contributed by atoms with Crippen LogP contribution in [0.5, 0.6) is 0 Å². The highest BCUT2D eigenvalue weighted by molar-refractivity contribution is 5.86. The van der Waals surface area contributed by atoms with E-state index in [0.29, 0.717) is 17.4 Å². The first-order chi connectivity index (χ1) is 8.00. The minimum atomic E-state index is -0.859. The zero-order chi connectivity index (χ0) is 12.6. The van der Waals surface area contributed by atoms with Gasteiger partial charge in [0, 0.05) is 5.57 Å². The van der Waals surface area contributed by atoms with Gasteiger partial charge in [0.15, 0.2) is 0 Å². The molecule has 92 valence electrons. The highest BCUT2D eigenvalue weighted by Gasteiger charge is 2.37. The fourth-order valence-electron chi connectivity index (χ4n) is 3.29. The fourth-order valence-corrected chi connectivity index (χ4v) is 3.29. The number of hydrogen-bond acceptors (Lipinski definition) is 1. The van der Waals surface area contributed by atoms with Crippen molar-refractivity contribution in [2.24, 2.45) is 17.8 Å². The maximum absolute atomic E-state index is 11.0. The fraction of sp³-hybridized carbons (Fsp3) is 0.533. The van der Waals surface area contributed by atoms with Crippen molar-refractivity contribution in [1.82, 2.24) is 0 Å². The van der Waals surface area contributed by atoms with Gasteiger partial charge in [0.1, 0.15) is 0 Å². The lowest BCUT2D eigenvalue weighted by molar-refractivity contribution is -0.133. The van der Waals surface area contributed by atoms with Crippen LogP contribution in [0.1, 0.15) is 32.1 Å². The van der Waals surface area contributed by atoms with Crippen molar-refractivity contribution in [1.29, 1.82) is 0 Å². The van der Waals surface area contributed by atoms with Gasteiger partial charge in [-0.25, -0.2) is 4.79 Å². The molecule has 3 atom stereocenters. The molecule has 0 aromatic rings. The molecular formula is C15H20O2. The molecule has 0 amide bonds. The number of carboxylic acids is 1. The van der Waals surface area contributed by atoms with Crippen molar-refractivity contribution in [3.63, 3.8) is 0 Å². The molecule has 0 bridgehead atoms. The summed E-state index contributed by atoms with van der Waals surface area (Å²) in [6, 6.07) is 0. The van der Waals surface area contributed by atoms with E-state index in [4.69, 9.17) is 5.11 Å². The molecule has 0 saturated heterocycles. The van der Waals surface area contributed by atoms with Crippen LogP contribution in [-0.2, 0) is 4.79 Å². The first-order valence-electron chi connectivity index (χ1n) is 6.28. The molecule has 0 radical (unpaired) electrons. The van der Waals surface area contributed by atoms with E-state index in [0.717, 1.165) is 32.1 Å². The lowest BCUT2D eigenvalue weighted by atomic mass is 9.83. The van der Waals surface area contributed by atoms with Gasteiger partial charge in [0.2, 0.25) is 0 Å². The number of allylic oxidation sites excluding steroid dienone is 2. The molecule has 2 aliphatic rings. The Morgan fingerprint density at radius 1 is 1.12 bits per heavy atom. The van der Waals surface area contributed by atoms with Crippen LogP contribution in [0, 0.1) is 17.8 Å². The number of hydrogen-bond donors (Lipinski definition) is 1. The lowest BCUT2D eigenvalue weighted by Crippen LogP contribution is -2.16. The summed E-state index contributed by atoms with van der Waals surface area (Å²) in [7, 11) is 0. The predicted octanol–water partition coefficient (Wildman–Crippen LogP) is 3.57. The van der Waals surface area contributed by atoms with Crippen LogP contribution < -0.4 is 0 Å². The van der Waals surface area contributed by atoms with Crippen molar-refractivity contribution in [2.45, 2.75) is 32.1 Å². The van der Waals surface area contributed by atoms with Gasteiger partial charge in [-0.2, -0.15) is 0 Å². The van der Waals surface area contributed by atoms with Crippen molar-refractivity contribution in [3.8, 4) is 0 Å². The topological polar surface area (TPSA) is 37.3 Å². The normalized spacial score (nSPS) is 33.1. The number of rotatable bonds is 2. The van der Waals surface area contributed by atoms with Crippen LogP contribution in [0.4, 0.5) is 0 Å². The quantitative estimate of drug-likeness (QED) is 0.584. The molecule has 3 unspecified atom stereocenters. The van der Waals surface area contributed by atoms with Gasteiger partial charge in [-0.15, -0.1) is 0 Å². The van der Waals surface area contributed by atoms with Gasteiger partial charge in [0.25, 0.3) is 0 Å². The van der Waals surface area contributed by atoms with Gasteiger partial charge in [-0.3, -0.25) is 0 Å². The van der Waals surface area contributed by atoms with Crippen molar-refractivity contribution >= 4 is 5.97 Å². The summed E-state index contributed by atoms with van der Waals surface area (Å²) in [5, 5.41) is 9.05. The lowest BCUT2D eigenvalue weighted by Gasteiger charge is -2.21. The Bertz CT molecular complexity index is 392. The summed E-state index contributed by atoms with van der Waals surface area (Å²) in [5.41, 5.74) is 2.92. The number of carbonyl (C=O) groups is 1. The highest BCUT2D eigenvalue weighted by Crippen LogP contribution is 2.48. The smallest absolute Gasteiger partial charge is 0.331 e. The standard InChI is InChI=1S/C15H20O2/c1-9-4-6-12(11(3)15(16)17)8-14-10(2)5-7-13(9)14/h12-14H,1-8H2,(H,16,17). The van der Waals surface area contributed by atoms with Gasteiger partial charge in [-0.1, -0.05) is 30.9 Å². The minimum absolute atomic E-state index is 0.0918. The molecule has 2 aliphatic carbocycles. The Kier molecular flexibility index (Phi) is 3.23. The van der Waals surface area contributed by atoms with Crippen LogP contribution in [0.25, 0.3) is 0 Å². The molecule has 0 aromatic heterocycles. The van der Waals surface area contributed by atoms with Crippen LogP contribution in [0.15, 0.2) is 36.5 Å². The first-order valence-corrected chi connectivity index (χ1v) is 6.28. The minimum Gasteiger partial charge on any atom is -0.478 e. The zero-order valence-electron chi connectivity index (χ0n) is 10.2. The monoisotopic (exact) mass is 232 g/mol. The first kappa shape index (κ1) is 12.2. The molecule has 2 saturated carbocycles. The summed E-state index contributed by atoms with van der Waals surface area (Å²) in [6.07, 6.45) is 4.93. The summed E-state index contributed by atoms with van der Waals surface area (Å²) < 4.78 is 0. The maximum atomic E-state index is 11.0. The second-order valence-corrected chi connectivity index (χ2v) is 5.37. The van der Waals surface area contributed by atoms with Gasteiger partial charge in [0.05, 0.1) is 0 Å². The molecule has 0 aromatic carbocycles. The van der Waals surface area contributed by atoms with Crippen molar-refractivity contribution in [2.75, 3.05) is 0 Å². The molecule has 1 N–H and O–H groups in total. The Balaban J connectivity index is 2.19. The Hall–Kier alpha value is -1.31. The largest absolute Gasteiger partial charge is 0.478 e. The van der Waals surface area contributed by atoms with E-state index in [-0.39, 0.29) is 5.92 Å². The second-order valence-electron chi connectivity index (χ2n) is 5.37. The Morgan fingerprint density at radius 2 is 1.71 bits per heavy atom. The van der Waals surface area contributed by atoms with E-state index < -0.39 is 5.97 Å². The van der Waals surface area contributed by atoms with E-state index in [2.05, 4.69) is 19.7 Å². The molecule has 2 heteroatoms. The summed E-state index contributed by atoms with van der Waals surface area (Å²) >= 11 is 0. The van der Waals surface area contributed by atoms with E-state index in [1.54, 1.807) is 0 Å². The van der Waals surface area contributed by atoms with E-state index in [1.165, 1.54) is 11.1 Å². The van der Waals surface area contributed by atoms with Crippen LogP contribution in [0.2, 0.25) is 0 Å². The van der Waals surface area contributed by atoms with E-state index in [1.807, 2.05) is 0 Å². The van der Waals surface area contributed by atoms with Gasteiger partial charge >= 0.3 is 5.97 Å². The Morgan fingerprint density at radius 3 is 2.35 bits per heavy atom. The summed E-state index contributed by atoms with van der Waals surface area (Å²) in [5.74, 6) is 0.206. The molecule has 2 nitrogen and oxygen atoms in total. The van der Waals surface area contributed by atoms with Crippen molar-refractivity contribution < 1.29 is 9.90 Å². The third-order valence-electron chi connectivity index (χ3n) is 4.43. The van der Waals surface area contributed by atoms with Gasteiger partial charge < -0.3 is 5.11 Å². The van der Waals surface area contributed by atoms with Crippen LogP contribution in [-0.4, -0.2) is 11.1 Å². The molecule has 2 rings (SSSR count). The van der Waals surface area contributed by atoms with Crippen molar-refractivity contribution in [3.05, 3.63) is 36.5 Å². The zero-order valence-corrected chi connectivity index (χ0v) is 10.2. The number of aliphatic carboxylic acids is 1. The number of carboxylic acid groups (broad SMARTS) is 1. The summed E-state index contributed by atoms with van der Waals surface area (Å²) in [4.78, 5) is 11.0. The summed E-state index contributed by atoms with van der Waals surface area (Å²) in [6.45, 7) is 12.0. The highest BCUT2D eigenvalue weighted by atomic mass is 16.4. The molecule has 0 heterocycles. The predicted molar refractivity (Wildman–Crippen MR) is 68.6 cm³/mol. The van der Waals surface area contributed by atoms with Crippen LogP contribution in [0.3, 0.4) is 0 Å². The maximum Gasteiger partial charge on any atom is 0.331 e.